The summed E-state index contributed by atoms with van der Waals surface area (Å²) in [7, 11) is 0. The lowest BCUT2D eigenvalue weighted by molar-refractivity contribution is -0.909. The number of hydrogen-bond acceptors (Lipinski definition) is 3. The van der Waals surface area contributed by atoms with E-state index in [9.17, 15) is 9.90 Å². The van der Waals surface area contributed by atoms with Gasteiger partial charge in [-0.2, -0.15) is 0 Å². The molecule has 0 unspecified atom stereocenters. The molecule has 1 fully saturated rings. The van der Waals surface area contributed by atoms with Crippen molar-refractivity contribution in [3.63, 3.8) is 0 Å². The molecule has 0 aliphatic carbocycles. The summed E-state index contributed by atoms with van der Waals surface area (Å²) in [6.45, 7) is 5.10. The van der Waals surface area contributed by atoms with Gasteiger partial charge >= 0.3 is 0 Å². The Labute approximate surface area is 168 Å². The van der Waals surface area contributed by atoms with Crippen LogP contribution < -0.4 is 9.64 Å². The molecule has 1 aliphatic rings. The summed E-state index contributed by atoms with van der Waals surface area (Å²) >= 11 is 0. The fraction of sp³-hybridized carbons (Fsp3) is 0.458. The van der Waals surface area contributed by atoms with Crippen LogP contribution in [0, 0.1) is 5.92 Å². The molecular weight excluding hydrogens is 350 g/mol. The molecule has 2 aromatic carbocycles. The summed E-state index contributed by atoms with van der Waals surface area (Å²) in [5, 5.41) is 10.3. The Bertz CT molecular complexity index is 721. The van der Waals surface area contributed by atoms with Crippen LogP contribution in [0.15, 0.2) is 54.6 Å². The number of aliphatic hydroxyl groups excluding tert-OH is 1. The lowest BCUT2D eigenvalue weighted by Crippen LogP contribution is -3.14. The SMILES string of the molecule is CCC(=O)c1ccc(OC[C@@H](O)C[NH+]2CCC(Cc3ccccc3)CC2)cc1. The Kier molecular flexibility index (Phi) is 7.63. The standard InChI is InChI=1S/C24H31NO3/c1-2-24(27)21-8-10-23(11-9-21)28-18-22(26)17-25-14-12-20(13-15-25)16-19-6-4-3-5-7-19/h3-11,20,22,26H,2,12-18H2,1H3/p+1/t22-/m0/s1. The molecule has 0 radical (unpaired) electrons. The van der Waals surface area contributed by atoms with Crippen molar-refractivity contribution < 1.29 is 19.5 Å². The van der Waals surface area contributed by atoms with Gasteiger partial charge < -0.3 is 14.7 Å². The van der Waals surface area contributed by atoms with Gasteiger partial charge in [0.2, 0.25) is 0 Å². The van der Waals surface area contributed by atoms with Crippen LogP contribution in [0.2, 0.25) is 0 Å². The number of carbonyl (C=O) groups is 1. The van der Waals surface area contributed by atoms with Gasteiger partial charge in [-0.15, -0.1) is 0 Å². The smallest absolute Gasteiger partial charge is 0.162 e. The van der Waals surface area contributed by atoms with Crippen molar-refractivity contribution in [2.24, 2.45) is 5.92 Å². The van der Waals surface area contributed by atoms with Crippen molar-refractivity contribution in [3.05, 3.63) is 65.7 Å². The van der Waals surface area contributed by atoms with E-state index in [1.807, 2.05) is 6.92 Å². The van der Waals surface area contributed by atoms with Crippen molar-refractivity contribution in [2.45, 2.75) is 38.7 Å². The number of nitrogens with one attached hydrogen (secondary N) is 1. The Morgan fingerprint density at radius 1 is 1.11 bits per heavy atom. The average Bonchev–Trinajstić information content (AvgIpc) is 2.74. The number of ether oxygens (including phenoxy) is 1. The highest BCUT2D eigenvalue weighted by Gasteiger charge is 2.24. The second-order valence-electron chi connectivity index (χ2n) is 7.85. The Hall–Kier alpha value is -2.17. The molecule has 150 valence electrons. The fourth-order valence-electron chi connectivity index (χ4n) is 3.97. The summed E-state index contributed by atoms with van der Waals surface area (Å²) in [5.74, 6) is 1.58. The highest BCUT2D eigenvalue weighted by molar-refractivity contribution is 5.95. The number of aliphatic hydroxyl groups is 1. The first-order valence-electron chi connectivity index (χ1n) is 10.5. The third-order valence-corrected chi connectivity index (χ3v) is 5.64. The number of quaternary nitrogens is 1. The molecule has 0 spiro atoms. The second-order valence-corrected chi connectivity index (χ2v) is 7.85. The normalized spacial score (nSPS) is 20.5. The topological polar surface area (TPSA) is 51.0 Å². The fourth-order valence-corrected chi connectivity index (χ4v) is 3.97. The number of ketones is 1. The molecule has 4 heteroatoms. The van der Waals surface area contributed by atoms with Crippen molar-refractivity contribution in [1.82, 2.24) is 0 Å². The van der Waals surface area contributed by atoms with E-state index in [1.165, 1.54) is 23.3 Å². The van der Waals surface area contributed by atoms with Gasteiger partial charge in [-0.05, 0) is 55.0 Å². The number of rotatable bonds is 9. The van der Waals surface area contributed by atoms with Gasteiger partial charge in [-0.1, -0.05) is 37.3 Å². The van der Waals surface area contributed by atoms with Crippen LogP contribution in [0.1, 0.15) is 42.1 Å². The predicted octanol–water partition coefficient (Wildman–Crippen LogP) is 2.56. The second kappa shape index (κ2) is 10.4. The van der Waals surface area contributed by atoms with E-state index in [0.29, 0.717) is 17.7 Å². The minimum Gasteiger partial charge on any atom is -0.491 e. The highest BCUT2D eigenvalue weighted by Crippen LogP contribution is 2.17. The van der Waals surface area contributed by atoms with Crippen molar-refractivity contribution in [3.8, 4) is 5.75 Å². The van der Waals surface area contributed by atoms with E-state index in [2.05, 4.69) is 30.3 Å². The van der Waals surface area contributed by atoms with Crippen LogP contribution in [0.5, 0.6) is 5.75 Å². The molecule has 0 bridgehead atoms. The average molecular weight is 383 g/mol. The molecule has 1 aliphatic heterocycles. The quantitative estimate of drug-likeness (QED) is 0.656. The van der Waals surface area contributed by atoms with E-state index in [4.69, 9.17) is 4.74 Å². The monoisotopic (exact) mass is 382 g/mol. The van der Waals surface area contributed by atoms with Crippen LogP contribution in [-0.4, -0.2) is 43.2 Å². The first-order valence-corrected chi connectivity index (χ1v) is 10.5. The van der Waals surface area contributed by atoms with Crippen LogP contribution in [0.25, 0.3) is 0 Å². The lowest BCUT2D eigenvalue weighted by Gasteiger charge is -2.30. The summed E-state index contributed by atoms with van der Waals surface area (Å²) in [4.78, 5) is 13.1. The van der Waals surface area contributed by atoms with E-state index in [-0.39, 0.29) is 12.4 Å². The third kappa shape index (κ3) is 6.18. The summed E-state index contributed by atoms with van der Waals surface area (Å²) in [6, 6.07) is 17.9. The molecule has 0 amide bonds. The van der Waals surface area contributed by atoms with Crippen LogP contribution >= 0.6 is 0 Å². The predicted molar refractivity (Wildman–Crippen MR) is 111 cm³/mol. The lowest BCUT2D eigenvalue weighted by atomic mass is 9.90. The maximum Gasteiger partial charge on any atom is 0.162 e. The van der Waals surface area contributed by atoms with Crippen molar-refractivity contribution in [2.75, 3.05) is 26.2 Å². The van der Waals surface area contributed by atoms with E-state index < -0.39 is 6.10 Å². The van der Waals surface area contributed by atoms with E-state index in [0.717, 1.165) is 32.0 Å². The zero-order chi connectivity index (χ0) is 19.8. The zero-order valence-electron chi connectivity index (χ0n) is 16.8. The minimum atomic E-state index is -0.474. The molecule has 1 heterocycles. The zero-order valence-corrected chi connectivity index (χ0v) is 16.8. The van der Waals surface area contributed by atoms with E-state index >= 15 is 0 Å². The Balaban J connectivity index is 1.36. The number of carbonyl (C=O) groups excluding carboxylic acids is 1. The van der Waals surface area contributed by atoms with E-state index in [1.54, 1.807) is 24.3 Å². The largest absolute Gasteiger partial charge is 0.491 e. The number of hydrogen-bond donors (Lipinski definition) is 2. The van der Waals surface area contributed by atoms with Gasteiger partial charge in [-0.25, -0.2) is 0 Å². The maximum absolute atomic E-state index is 11.7. The molecule has 4 nitrogen and oxygen atoms in total. The first-order chi connectivity index (χ1) is 13.6. The third-order valence-electron chi connectivity index (χ3n) is 5.64. The van der Waals surface area contributed by atoms with Crippen LogP contribution in [-0.2, 0) is 6.42 Å². The summed E-state index contributed by atoms with van der Waals surface area (Å²) in [5.41, 5.74) is 2.13. The molecular formula is C24H32NO3+. The molecule has 0 saturated carbocycles. The Morgan fingerprint density at radius 3 is 2.43 bits per heavy atom. The summed E-state index contributed by atoms with van der Waals surface area (Å²) < 4.78 is 5.70. The molecule has 0 aromatic heterocycles. The number of piperidine rings is 1. The number of likely N-dealkylation sites (tertiary alicyclic amines) is 1. The molecule has 2 N–H and O–H groups in total. The van der Waals surface area contributed by atoms with Crippen molar-refractivity contribution >= 4 is 5.78 Å². The molecule has 2 aromatic rings. The van der Waals surface area contributed by atoms with Gasteiger partial charge in [0.25, 0.3) is 0 Å². The maximum atomic E-state index is 11.7. The molecule has 3 rings (SSSR count). The number of benzene rings is 2. The van der Waals surface area contributed by atoms with Gasteiger partial charge in [0.15, 0.2) is 5.78 Å². The van der Waals surface area contributed by atoms with Crippen LogP contribution in [0.4, 0.5) is 0 Å². The summed E-state index contributed by atoms with van der Waals surface area (Å²) in [6.07, 6.45) is 3.62. The first kappa shape index (κ1) is 20.6. The van der Waals surface area contributed by atoms with Crippen LogP contribution in [0.3, 0.4) is 0 Å². The Morgan fingerprint density at radius 2 is 1.79 bits per heavy atom. The van der Waals surface area contributed by atoms with Gasteiger partial charge in [-0.3, -0.25) is 4.79 Å². The molecule has 1 saturated heterocycles. The number of Topliss-reactive ketones (excluding diaryl/α,β-unsaturated/α-hetero) is 1. The van der Waals surface area contributed by atoms with Gasteiger partial charge in [0.05, 0.1) is 13.1 Å². The minimum absolute atomic E-state index is 0.130. The molecule has 28 heavy (non-hydrogen) atoms. The highest BCUT2D eigenvalue weighted by atomic mass is 16.5. The van der Waals surface area contributed by atoms with Crippen molar-refractivity contribution in [1.29, 1.82) is 0 Å². The van der Waals surface area contributed by atoms with Gasteiger partial charge in [0, 0.05) is 12.0 Å². The van der Waals surface area contributed by atoms with Gasteiger partial charge in [0.1, 0.15) is 25.0 Å². The molecule has 1 atom stereocenters.